The Labute approximate surface area is 163 Å². The maximum absolute atomic E-state index is 14.5. The average Bonchev–Trinajstić information content (AvgIpc) is 2.69. The van der Waals surface area contributed by atoms with E-state index in [4.69, 9.17) is 15.2 Å². The molecule has 154 valence electrons. The largest absolute Gasteiger partial charge is 0.495 e. The van der Waals surface area contributed by atoms with Crippen LogP contribution in [0.25, 0.3) is 0 Å². The van der Waals surface area contributed by atoms with Crippen LogP contribution in [0.3, 0.4) is 0 Å². The highest BCUT2D eigenvalue weighted by Crippen LogP contribution is 2.37. The van der Waals surface area contributed by atoms with Gasteiger partial charge in [0, 0.05) is 12.0 Å². The number of nitro groups is 1. The second-order valence-electron chi connectivity index (χ2n) is 6.41. The van der Waals surface area contributed by atoms with Crippen molar-refractivity contribution < 1.29 is 27.6 Å². The summed E-state index contributed by atoms with van der Waals surface area (Å²) in [4.78, 5) is 18.1. The predicted molar refractivity (Wildman–Crippen MR) is 96.8 cm³/mol. The van der Waals surface area contributed by atoms with Gasteiger partial charge >= 0.3 is 0 Å². The summed E-state index contributed by atoms with van der Waals surface area (Å²) < 4.78 is 52.5. The molecule has 0 amide bonds. The van der Waals surface area contributed by atoms with Crippen molar-refractivity contribution in [3.05, 3.63) is 63.2 Å². The third-order valence-electron chi connectivity index (χ3n) is 4.49. The predicted octanol–water partition coefficient (Wildman–Crippen LogP) is 2.58. The number of alkyl halides is 2. The van der Waals surface area contributed by atoms with E-state index in [1.54, 1.807) is 0 Å². The summed E-state index contributed by atoms with van der Waals surface area (Å²) in [6.07, 6.45) is -1.94. The Morgan fingerprint density at radius 2 is 2.17 bits per heavy atom. The number of halogens is 3. The molecule has 0 fully saturated rings. The van der Waals surface area contributed by atoms with Gasteiger partial charge in [-0.3, -0.25) is 15.1 Å². The molecule has 0 bridgehead atoms. The zero-order valence-electron chi connectivity index (χ0n) is 15.3. The highest BCUT2D eigenvalue weighted by Gasteiger charge is 2.46. The number of nitrogens with two attached hydrogens (primary N) is 1. The fourth-order valence-corrected chi connectivity index (χ4v) is 3.08. The minimum Gasteiger partial charge on any atom is -0.495 e. The van der Waals surface area contributed by atoms with Gasteiger partial charge in [0.25, 0.3) is 12.1 Å². The van der Waals surface area contributed by atoms with Gasteiger partial charge in [-0.05, 0) is 17.7 Å². The van der Waals surface area contributed by atoms with Gasteiger partial charge in [-0.1, -0.05) is 6.07 Å². The molecule has 0 spiro atoms. The molecule has 1 atom stereocenters. The number of hydrogen-bond donors (Lipinski definition) is 1. The lowest BCUT2D eigenvalue weighted by Gasteiger charge is -2.33. The number of methoxy groups -OCH3 is 1. The van der Waals surface area contributed by atoms with Crippen molar-refractivity contribution in [2.24, 2.45) is 10.7 Å². The van der Waals surface area contributed by atoms with E-state index in [-0.39, 0.29) is 35.9 Å². The Morgan fingerprint density at radius 1 is 1.41 bits per heavy atom. The molecule has 3 rings (SSSR count). The van der Waals surface area contributed by atoms with Crippen LogP contribution in [-0.2, 0) is 16.7 Å². The summed E-state index contributed by atoms with van der Waals surface area (Å²) in [5.41, 5.74) is 3.45. The lowest BCUT2D eigenvalue weighted by atomic mass is 9.88. The van der Waals surface area contributed by atoms with Crippen molar-refractivity contribution in [1.82, 2.24) is 4.98 Å². The van der Waals surface area contributed by atoms with Gasteiger partial charge in [0.1, 0.15) is 30.2 Å². The van der Waals surface area contributed by atoms with E-state index in [1.165, 1.54) is 25.3 Å². The van der Waals surface area contributed by atoms with Crippen LogP contribution in [-0.4, -0.2) is 42.5 Å². The molecular formula is C18H17F3N4O4. The Bertz CT molecular complexity index is 970. The van der Waals surface area contributed by atoms with Crippen molar-refractivity contribution in [3.8, 4) is 5.75 Å². The summed E-state index contributed by atoms with van der Waals surface area (Å²) >= 11 is 0. The monoisotopic (exact) mass is 410 g/mol. The van der Waals surface area contributed by atoms with Gasteiger partial charge in [-0.2, -0.15) is 0 Å². The average molecular weight is 410 g/mol. The fraction of sp³-hybridized carbons (Fsp3) is 0.333. The molecule has 2 heterocycles. The van der Waals surface area contributed by atoms with E-state index in [2.05, 4.69) is 9.98 Å². The van der Waals surface area contributed by atoms with E-state index >= 15 is 0 Å². The topological polar surface area (TPSA) is 113 Å². The van der Waals surface area contributed by atoms with Crippen LogP contribution >= 0.6 is 0 Å². The quantitative estimate of drug-likeness (QED) is 0.579. The Hall–Kier alpha value is -3.21. The number of benzene rings is 1. The van der Waals surface area contributed by atoms with Crippen LogP contribution in [0, 0.1) is 15.9 Å². The zero-order chi connectivity index (χ0) is 21.2. The second kappa shape index (κ2) is 8.03. The minimum atomic E-state index is -3.06. The summed E-state index contributed by atoms with van der Waals surface area (Å²) in [7, 11) is 1.32. The first-order valence-corrected chi connectivity index (χ1v) is 8.43. The molecule has 2 N–H and O–H groups in total. The van der Waals surface area contributed by atoms with Crippen LogP contribution in [0.5, 0.6) is 5.75 Å². The Kier molecular flexibility index (Phi) is 5.69. The maximum Gasteiger partial charge on any atom is 0.291 e. The molecule has 0 radical (unpaired) electrons. The number of hydrogen-bond acceptors (Lipinski definition) is 7. The Morgan fingerprint density at radius 3 is 2.79 bits per heavy atom. The number of aliphatic imine (C=N–C) groups is 1. The van der Waals surface area contributed by atoms with Crippen LogP contribution in [0.1, 0.15) is 16.8 Å². The van der Waals surface area contributed by atoms with E-state index < -0.39 is 29.3 Å². The lowest BCUT2D eigenvalue weighted by molar-refractivity contribution is -0.385. The third-order valence-corrected chi connectivity index (χ3v) is 4.49. The van der Waals surface area contributed by atoms with Crippen molar-refractivity contribution >= 4 is 11.5 Å². The number of aromatic nitrogens is 1. The third kappa shape index (κ3) is 3.99. The summed E-state index contributed by atoms with van der Waals surface area (Å²) in [6.45, 7) is -0.634. The molecule has 0 unspecified atom stereocenters. The number of rotatable bonds is 6. The van der Waals surface area contributed by atoms with Gasteiger partial charge < -0.3 is 15.2 Å². The van der Waals surface area contributed by atoms with E-state index in [9.17, 15) is 23.3 Å². The highest BCUT2D eigenvalue weighted by atomic mass is 19.3. The van der Waals surface area contributed by atoms with Crippen molar-refractivity contribution in [2.75, 3.05) is 20.3 Å². The van der Waals surface area contributed by atoms with Crippen molar-refractivity contribution in [1.29, 1.82) is 0 Å². The molecule has 8 nitrogen and oxygen atoms in total. The molecule has 1 aliphatic rings. The van der Waals surface area contributed by atoms with Gasteiger partial charge in [-0.15, -0.1) is 0 Å². The van der Waals surface area contributed by atoms with Gasteiger partial charge in [0.05, 0.1) is 30.4 Å². The molecule has 2 aromatic rings. The van der Waals surface area contributed by atoms with Crippen molar-refractivity contribution in [2.45, 2.75) is 18.4 Å². The summed E-state index contributed by atoms with van der Waals surface area (Å²) in [5.74, 6) is -0.878. The molecular weight excluding hydrogens is 393 g/mol. The summed E-state index contributed by atoms with van der Waals surface area (Å²) in [5, 5.41) is 10.9. The van der Waals surface area contributed by atoms with Gasteiger partial charge in [-0.25, -0.2) is 18.2 Å². The molecule has 0 aliphatic carbocycles. The van der Waals surface area contributed by atoms with Gasteiger partial charge in [0.2, 0.25) is 0 Å². The van der Waals surface area contributed by atoms with Crippen LogP contribution in [0.2, 0.25) is 0 Å². The first-order chi connectivity index (χ1) is 13.8. The first-order valence-electron chi connectivity index (χ1n) is 8.43. The zero-order valence-corrected chi connectivity index (χ0v) is 15.3. The molecule has 0 saturated heterocycles. The molecule has 29 heavy (non-hydrogen) atoms. The minimum absolute atomic E-state index is 0.0633. The number of pyridine rings is 1. The number of nitrogens with zero attached hydrogens (tertiary/aromatic N) is 3. The number of amidine groups is 1. The highest BCUT2D eigenvalue weighted by molar-refractivity contribution is 5.82. The smallest absolute Gasteiger partial charge is 0.291 e. The SMILES string of the molecule is COc1cc([N+](=O)[O-])cnc1Cc1ccc(F)c([C@]2(C(F)F)COCC(N)=N2)c1. The van der Waals surface area contributed by atoms with Crippen LogP contribution < -0.4 is 10.5 Å². The lowest BCUT2D eigenvalue weighted by Crippen LogP contribution is -2.45. The second-order valence-corrected chi connectivity index (χ2v) is 6.41. The normalized spacial score (nSPS) is 19.1. The van der Waals surface area contributed by atoms with E-state index in [0.29, 0.717) is 11.3 Å². The first kappa shape index (κ1) is 20.5. The van der Waals surface area contributed by atoms with Crippen LogP contribution in [0.15, 0.2) is 35.5 Å². The fourth-order valence-electron chi connectivity index (χ4n) is 3.08. The molecule has 1 aliphatic heterocycles. The van der Waals surface area contributed by atoms with Gasteiger partial charge in [0.15, 0.2) is 5.54 Å². The Balaban J connectivity index is 2.02. The molecule has 11 heteroatoms. The van der Waals surface area contributed by atoms with Crippen LogP contribution in [0.4, 0.5) is 18.9 Å². The maximum atomic E-state index is 14.5. The molecule has 1 aromatic carbocycles. The van der Waals surface area contributed by atoms with E-state index in [1.807, 2.05) is 0 Å². The molecule has 0 saturated carbocycles. The molecule has 1 aromatic heterocycles. The number of ether oxygens (including phenoxy) is 2. The van der Waals surface area contributed by atoms with Crippen molar-refractivity contribution in [3.63, 3.8) is 0 Å². The van der Waals surface area contributed by atoms with E-state index in [0.717, 1.165) is 12.3 Å². The summed E-state index contributed by atoms with van der Waals surface area (Å²) in [6, 6.07) is 4.90. The standard InChI is InChI=1S/C18H17F3N4O4/c1-28-15-6-11(25(26)27)7-23-14(15)5-10-2-3-13(19)12(4-10)18(17(20)21)9-29-8-16(22)24-18/h2-4,6-7,17H,5,8-9H2,1H3,(H2,22,24)/t18-/m0/s1.